The number of aryl methyl sites for hydroxylation is 1. The van der Waals surface area contributed by atoms with Gasteiger partial charge in [-0.15, -0.1) is 0 Å². The van der Waals surface area contributed by atoms with Gasteiger partial charge in [-0.3, -0.25) is 14.5 Å². The van der Waals surface area contributed by atoms with Crippen molar-refractivity contribution < 1.29 is 9.59 Å². The molecule has 1 fully saturated rings. The number of benzene rings is 1. The number of anilines is 1. The van der Waals surface area contributed by atoms with Crippen LogP contribution in [-0.2, 0) is 4.79 Å². The fourth-order valence-corrected chi connectivity index (χ4v) is 4.18. The van der Waals surface area contributed by atoms with Crippen molar-refractivity contribution in [3.05, 3.63) is 58.8 Å². The topological polar surface area (TPSA) is 92.9 Å². The molecule has 1 unspecified atom stereocenters. The van der Waals surface area contributed by atoms with Gasteiger partial charge in [0.05, 0.1) is 17.2 Å². The monoisotopic (exact) mass is 430 g/mol. The van der Waals surface area contributed by atoms with E-state index < -0.39 is 5.92 Å². The number of hydrogen-bond acceptors (Lipinski definition) is 6. The molecule has 1 aromatic heterocycles. The molecule has 2 aliphatic heterocycles. The molecule has 4 rings (SSSR count). The minimum absolute atomic E-state index is 0.0393. The normalized spacial score (nSPS) is 18.8. The van der Waals surface area contributed by atoms with Gasteiger partial charge in [-0.25, -0.2) is 4.98 Å². The van der Waals surface area contributed by atoms with Gasteiger partial charge >= 0.3 is 0 Å². The van der Waals surface area contributed by atoms with Crippen molar-refractivity contribution in [2.75, 3.05) is 37.7 Å². The molecular formula is C24H26N6O2. The van der Waals surface area contributed by atoms with Gasteiger partial charge in [0.25, 0.3) is 11.8 Å². The molecule has 0 bridgehead atoms. The van der Waals surface area contributed by atoms with E-state index in [0.29, 0.717) is 30.0 Å². The lowest BCUT2D eigenvalue weighted by Gasteiger charge is -2.34. The highest BCUT2D eigenvalue weighted by Crippen LogP contribution is 2.28. The first kappa shape index (κ1) is 21.7. The number of nitriles is 1. The maximum atomic E-state index is 13.0. The van der Waals surface area contributed by atoms with Gasteiger partial charge in [0.1, 0.15) is 5.92 Å². The van der Waals surface area contributed by atoms with E-state index in [-0.39, 0.29) is 11.8 Å². The quantitative estimate of drug-likeness (QED) is 0.727. The third-order valence-corrected chi connectivity index (χ3v) is 5.95. The summed E-state index contributed by atoms with van der Waals surface area (Å²) in [5, 5.41) is 14.6. The number of rotatable bonds is 5. The van der Waals surface area contributed by atoms with Crippen LogP contribution in [-0.4, -0.2) is 65.5 Å². The smallest absolute Gasteiger partial charge is 0.261 e. The van der Waals surface area contributed by atoms with Crippen LogP contribution in [0.25, 0.3) is 0 Å². The zero-order valence-corrected chi connectivity index (χ0v) is 18.4. The summed E-state index contributed by atoms with van der Waals surface area (Å²) in [7, 11) is 0. The van der Waals surface area contributed by atoms with Gasteiger partial charge in [0.2, 0.25) is 0 Å². The molecule has 32 heavy (non-hydrogen) atoms. The Bertz CT molecular complexity index is 1080. The molecule has 1 saturated heterocycles. The number of hydrogen-bond donors (Lipinski definition) is 0. The van der Waals surface area contributed by atoms with Crippen LogP contribution in [0.2, 0.25) is 0 Å². The van der Waals surface area contributed by atoms with Crippen molar-refractivity contribution >= 4 is 23.8 Å². The van der Waals surface area contributed by atoms with Crippen LogP contribution >= 0.6 is 0 Å². The Hall–Kier alpha value is -3.57. The van der Waals surface area contributed by atoms with E-state index in [4.69, 9.17) is 5.26 Å². The molecule has 2 aromatic rings. The summed E-state index contributed by atoms with van der Waals surface area (Å²) in [4.78, 5) is 34.4. The summed E-state index contributed by atoms with van der Waals surface area (Å²) in [6, 6.07) is 10.7. The molecule has 0 saturated carbocycles. The zero-order valence-electron chi connectivity index (χ0n) is 18.4. The van der Waals surface area contributed by atoms with Crippen molar-refractivity contribution in [1.29, 1.82) is 5.26 Å². The number of aromatic nitrogens is 1. The van der Waals surface area contributed by atoms with E-state index in [9.17, 15) is 9.59 Å². The van der Waals surface area contributed by atoms with Crippen LogP contribution in [0.15, 0.2) is 41.6 Å². The van der Waals surface area contributed by atoms with E-state index in [1.54, 1.807) is 36.5 Å². The van der Waals surface area contributed by atoms with Gasteiger partial charge < -0.3 is 4.90 Å². The van der Waals surface area contributed by atoms with Crippen molar-refractivity contribution in [2.45, 2.75) is 26.2 Å². The zero-order chi connectivity index (χ0) is 22.7. The number of pyridine rings is 1. The number of carbonyl (C=O) groups is 2. The highest BCUT2D eigenvalue weighted by Gasteiger charge is 2.33. The van der Waals surface area contributed by atoms with Gasteiger partial charge in [0, 0.05) is 38.6 Å². The minimum Gasteiger partial charge on any atom is -0.336 e. The molecule has 0 aliphatic carbocycles. The van der Waals surface area contributed by atoms with E-state index in [1.807, 2.05) is 11.8 Å². The van der Waals surface area contributed by atoms with Crippen LogP contribution in [0.4, 0.5) is 5.82 Å². The Morgan fingerprint density at radius 2 is 1.97 bits per heavy atom. The summed E-state index contributed by atoms with van der Waals surface area (Å²) >= 11 is 0. The third kappa shape index (κ3) is 4.25. The summed E-state index contributed by atoms with van der Waals surface area (Å²) < 4.78 is 0. The van der Waals surface area contributed by atoms with Crippen molar-refractivity contribution in [3.8, 4) is 6.07 Å². The molecular weight excluding hydrogens is 404 g/mol. The number of carbonyl (C=O) groups excluding carboxylic acids is 2. The van der Waals surface area contributed by atoms with Gasteiger partial charge in [-0.05, 0) is 55.3 Å². The highest BCUT2D eigenvalue weighted by atomic mass is 16.2. The van der Waals surface area contributed by atoms with E-state index in [1.165, 1.54) is 11.2 Å². The highest BCUT2D eigenvalue weighted by molar-refractivity contribution is 6.12. The second kappa shape index (κ2) is 9.28. The maximum absolute atomic E-state index is 13.0. The second-order valence-corrected chi connectivity index (χ2v) is 8.11. The predicted molar refractivity (Wildman–Crippen MR) is 121 cm³/mol. The fraction of sp³-hybridized carbons (Fsp3) is 0.375. The third-order valence-electron chi connectivity index (χ3n) is 5.95. The van der Waals surface area contributed by atoms with Crippen LogP contribution in [0.1, 0.15) is 46.3 Å². The second-order valence-electron chi connectivity index (χ2n) is 8.11. The molecule has 3 heterocycles. The molecule has 0 radical (unpaired) electrons. The van der Waals surface area contributed by atoms with Crippen LogP contribution in [0.5, 0.6) is 0 Å². The standard InChI is InChI=1S/C24H26N6O2/c1-3-8-28-9-11-29(12-10-28)23(31)19-5-7-22(26-15-19)30-24(32)21(16-27-30)20-6-4-18(14-25)13-17(20)2/h4-7,13,15-16,21H,3,8-12H2,1-2H3. The molecule has 2 aliphatic rings. The Labute approximate surface area is 187 Å². The Morgan fingerprint density at radius 1 is 1.19 bits per heavy atom. The van der Waals surface area contributed by atoms with Crippen LogP contribution in [0, 0.1) is 18.3 Å². The molecule has 8 nitrogen and oxygen atoms in total. The molecule has 1 aromatic carbocycles. The first-order valence-corrected chi connectivity index (χ1v) is 10.9. The number of amides is 2. The minimum atomic E-state index is -0.523. The molecule has 8 heteroatoms. The van der Waals surface area contributed by atoms with Crippen molar-refractivity contribution in [1.82, 2.24) is 14.8 Å². The SMILES string of the molecule is CCCN1CCN(C(=O)c2ccc(N3N=CC(c4ccc(C#N)cc4C)C3=O)nc2)CC1. The summed E-state index contributed by atoms with van der Waals surface area (Å²) in [5.41, 5.74) is 2.74. The summed E-state index contributed by atoms with van der Waals surface area (Å²) in [6.45, 7) is 8.29. The lowest BCUT2D eigenvalue weighted by molar-refractivity contribution is -0.118. The first-order valence-electron chi connectivity index (χ1n) is 10.9. The Balaban J connectivity index is 1.43. The Morgan fingerprint density at radius 3 is 2.59 bits per heavy atom. The summed E-state index contributed by atoms with van der Waals surface area (Å²) in [5.74, 6) is -0.395. The predicted octanol–water partition coefficient (Wildman–Crippen LogP) is 2.55. The van der Waals surface area contributed by atoms with Gasteiger partial charge in [0.15, 0.2) is 5.82 Å². The molecule has 0 spiro atoms. The lowest BCUT2D eigenvalue weighted by atomic mass is 9.94. The maximum Gasteiger partial charge on any atom is 0.261 e. The number of hydrazone groups is 1. The van der Waals surface area contributed by atoms with E-state index in [2.05, 4.69) is 28.0 Å². The van der Waals surface area contributed by atoms with Crippen LogP contribution in [0.3, 0.4) is 0 Å². The molecule has 0 N–H and O–H groups in total. The number of nitrogens with zero attached hydrogens (tertiary/aromatic N) is 6. The number of piperazine rings is 1. The largest absolute Gasteiger partial charge is 0.336 e. The summed E-state index contributed by atoms with van der Waals surface area (Å²) in [6.07, 6.45) is 4.22. The average Bonchev–Trinajstić information content (AvgIpc) is 3.20. The first-order chi connectivity index (χ1) is 15.5. The van der Waals surface area contributed by atoms with Crippen LogP contribution < -0.4 is 5.01 Å². The fourth-order valence-electron chi connectivity index (χ4n) is 4.18. The van der Waals surface area contributed by atoms with Gasteiger partial charge in [-0.1, -0.05) is 13.0 Å². The Kier molecular flexibility index (Phi) is 6.28. The molecule has 164 valence electrons. The van der Waals surface area contributed by atoms with Crippen molar-refractivity contribution in [3.63, 3.8) is 0 Å². The average molecular weight is 431 g/mol. The van der Waals surface area contributed by atoms with Crippen molar-refractivity contribution in [2.24, 2.45) is 5.10 Å². The molecule has 1 atom stereocenters. The lowest BCUT2D eigenvalue weighted by Crippen LogP contribution is -2.48. The molecule has 2 amide bonds. The van der Waals surface area contributed by atoms with E-state index >= 15 is 0 Å². The van der Waals surface area contributed by atoms with E-state index in [0.717, 1.165) is 37.2 Å². The van der Waals surface area contributed by atoms with Gasteiger partial charge in [-0.2, -0.15) is 15.4 Å².